The second-order valence-electron chi connectivity index (χ2n) is 8.07. The molecule has 1 amide bonds. The molecule has 2 aliphatic heterocycles. The first-order chi connectivity index (χ1) is 13.6. The van der Waals surface area contributed by atoms with Gasteiger partial charge in [0, 0.05) is 30.0 Å². The molecule has 2 aromatic heterocycles. The number of nitrogens with two attached hydrogens (primary N) is 1. The maximum Gasteiger partial charge on any atom is 0.251 e. The molecule has 3 aromatic rings. The van der Waals surface area contributed by atoms with Crippen LogP contribution in [0.15, 0.2) is 41.1 Å². The van der Waals surface area contributed by atoms with E-state index in [1.54, 1.807) is 12.4 Å². The van der Waals surface area contributed by atoms with Crippen LogP contribution >= 0.6 is 0 Å². The quantitative estimate of drug-likeness (QED) is 0.753. The molecular formula is C22H24N4O2. The largest absolute Gasteiger partial charge is 0.436 e. The molecule has 144 valence electrons. The minimum atomic E-state index is -0.431. The van der Waals surface area contributed by atoms with Gasteiger partial charge in [0.15, 0.2) is 5.58 Å². The summed E-state index contributed by atoms with van der Waals surface area (Å²) in [5, 5.41) is 0. The van der Waals surface area contributed by atoms with E-state index in [1.165, 1.54) is 19.3 Å². The zero-order chi connectivity index (χ0) is 19.3. The molecule has 6 nitrogen and oxygen atoms in total. The average molecular weight is 376 g/mol. The van der Waals surface area contributed by atoms with Crippen molar-refractivity contribution in [3.8, 4) is 11.5 Å². The highest BCUT2D eigenvalue weighted by Gasteiger charge is 2.38. The van der Waals surface area contributed by atoms with Crippen molar-refractivity contribution < 1.29 is 9.21 Å². The van der Waals surface area contributed by atoms with Gasteiger partial charge in [0.2, 0.25) is 5.89 Å². The first kappa shape index (κ1) is 17.4. The van der Waals surface area contributed by atoms with Gasteiger partial charge in [0.25, 0.3) is 5.91 Å². The standard InChI is InChI=1S/C22H24N4O2/c1-26-15-3-2-4-16(26)12-14(11-15)17-5-6-18-20(19(17)21(23)27)25-22(28-18)13-7-9-24-10-8-13/h5-10,14-16H,2-4,11-12H2,1H3,(H2,23,27). The first-order valence-corrected chi connectivity index (χ1v) is 9.97. The van der Waals surface area contributed by atoms with Gasteiger partial charge in [-0.05, 0) is 62.4 Å². The number of nitrogens with zero attached hydrogens (tertiary/aromatic N) is 3. The Bertz CT molecular complexity index is 1020. The van der Waals surface area contributed by atoms with Gasteiger partial charge in [-0.25, -0.2) is 4.98 Å². The second-order valence-corrected chi connectivity index (χ2v) is 8.07. The van der Waals surface area contributed by atoms with E-state index in [4.69, 9.17) is 10.2 Å². The molecule has 1 aromatic carbocycles. The number of carbonyl (C=O) groups excluding carboxylic acids is 1. The Morgan fingerprint density at radius 1 is 1.14 bits per heavy atom. The number of primary amides is 1. The molecule has 2 bridgehead atoms. The van der Waals surface area contributed by atoms with Crippen LogP contribution in [-0.4, -0.2) is 39.9 Å². The third-order valence-electron chi connectivity index (χ3n) is 6.55. The summed E-state index contributed by atoms with van der Waals surface area (Å²) in [7, 11) is 2.24. The second kappa shape index (κ2) is 6.71. The van der Waals surface area contributed by atoms with E-state index in [0.29, 0.717) is 40.6 Å². The minimum Gasteiger partial charge on any atom is -0.436 e. The molecule has 0 radical (unpaired) electrons. The van der Waals surface area contributed by atoms with Crippen LogP contribution in [0.1, 0.15) is 53.9 Å². The van der Waals surface area contributed by atoms with E-state index < -0.39 is 5.91 Å². The molecule has 28 heavy (non-hydrogen) atoms. The molecule has 0 saturated carbocycles. The number of hydrogen-bond donors (Lipinski definition) is 1. The molecule has 0 aliphatic carbocycles. The van der Waals surface area contributed by atoms with Crippen molar-refractivity contribution in [2.75, 3.05) is 7.05 Å². The molecule has 2 aliphatic rings. The van der Waals surface area contributed by atoms with Gasteiger partial charge in [-0.2, -0.15) is 0 Å². The number of fused-ring (bicyclic) bond motifs is 3. The van der Waals surface area contributed by atoms with Crippen LogP contribution in [0.2, 0.25) is 0 Å². The molecule has 2 N–H and O–H groups in total. The van der Waals surface area contributed by atoms with Crippen LogP contribution in [0, 0.1) is 0 Å². The van der Waals surface area contributed by atoms with Gasteiger partial charge in [0.1, 0.15) is 5.52 Å². The Balaban J connectivity index is 1.60. The summed E-state index contributed by atoms with van der Waals surface area (Å²) in [5.74, 6) is 0.385. The molecule has 2 fully saturated rings. The lowest BCUT2D eigenvalue weighted by molar-refractivity contribution is 0.0553. The topological polar surface area (TPSA) is 85.2 Å². The van der Waals surface area contributed by atoms with Crippen molar-refractivity contribution in [3.05, 3.63) is 47.8 Å². The van der Waals surface area contributed by atoms with Crippen LogP contribution < -0.4 is 5.73 Å². The fourth-order valence-electron chi connectivity index (χ4n) is 5.10. The zero-order valence-corrected chi connectivity index (χ0v) is 16.0. The number of carbonyl (C=O) groups is 1. The lowest BCUT2D eigenvalue weighted by Crippen LogP contribution is -2.49. The predicted octanol–water partition coefficient (Wildman–Crippen LogP) is 3.72. The smallest absolute Gasteiger partial charge is 0.251 e. The zero-order valence-electron chi connectivity index (χ0n) is 16.0. The Labute approximate surface area is 163 Å². The average Bonchev–Trinajstić information content (AvgIpc) is 3.12. The SMILES string of the molecule is CN1C2CCCC1CC(c1ccc3oc(-c4ccncc4)nc3c1C(N)=O)C2. The summed E-state index contributed by atoms with van der Waals surface area (Å²) in [6.07, 6.45) is 9.28. The van der Waals surface area contributed by atoms with Crippen molar-refractivity contribution in [3.63, 3.8) is 0 Å². The highest BCUT2D eigenvalue weighted by atomic mass is 16.3. The Morgan fingerprint density at radius 3 is 2.54 bits per heavy atom. The molecule has 2 unspecified atom stereocenters. The van der Waals surface area contributed by atoms with Crippen molar-refractivity contribution in [2.24, 2.45) is 5.73 Å². The number of amides is 1. The normalized spacial score (nSPS) is 25.1. The predicted molar refractivity (Wildman–Crippen MR) is 107 cm³/mol. The van der Waals surface area contributed by atoms with Gasteiger partial charge in [-0.15, -0.1) is 0 Å². The summed E-state index contributed by atoms with van der Waals surface area (Å²) in [6, 6.07) is 8.80. The van der Waals surface area contributed by atoms with E-state index in [9.17, 15) is 4.79 Å². The number of piperidine rings is 2. The van der Waals surface area contributed by atoms with Crippen LogP contribution in [0.3, 0.4) is 0 Å². The third-order valence-corrected chi connectivity index (χ3v) is 6.55. The number of oxazole rings is 1. The van der Waals surface area contributed by atoms with E-state index in [-0.39, 0.29) is 0 Å². The van der Waals surface area contributed by atoms with Crippen LogP contribution in [-0.2, 0) is 0 Å². The van der Waals surface area contributed by atoms with Crippen LogP contribution in [0.25, 0.3) is 22.6 Å². The summed E-state index contributed by atoms with van der Waals surface area (Å²) in [4.78, 5) is 23.7. The number of benzene rings is 1. The minimum absolute atomic E-state index is 0.333. The molecule has 0 spiro atoms. The molecule has 2 saturated heterocycles. The lowest BCUT2D eigenvalue weighted by atomic mass is 9.75. The lowest BCUT2D eigenvalue weighted by Gasteiger charge is -2.47. The number of rotatable bonds is 3. The summed E-state index contributed by atoms with van der Waals surface area (Å²) < 4.78 is 5.92. The van der Waals surface area contributed by atoms with E-state index in [1.807, 2.05) is 24.3 Å². The molecular weight excluding hydrogens is 352 g/mol. The van der Waals surface area contributed by atoms with Crippen molar-refractivity contribution in [2.45, 2.75) is 50.1 Å². The van der Waals surface area contributed by atoms with Crippen molar-refractivity contribution >= 4 is 17.0 Å². The van der Waals surface area contributed by atoms with E-state index in [0.717, 1.165) is 24.0 Å². The van der Waals surface area contributed by atoms with Gasteiger partial charge < -0.3 is 15.1 Å². The van der Waals surface area contributed by atoms with E-state index >= 15 is 0 Å². The summed E-state index contributed by atoms with van der Waals surface area (Å²) >= 11 is 0. The highest BCUT2D eigenvalue weighted by molar-refractivity contribution is 6.05. The van der Waals surface area contributed by atoms with Gasteiger partial charge in [0.05, 0.1) is 5.56 Å². The Morgan fingerprint density at radius 2 is 1.86 bits per heavy atom. The number of pyridine rings is 1. The fourth-order valence-corrected chi connectivity index (χ4v) is 5.10. The van der Waals surface area contributed by atoms with Gasteiger partial charge >= 0.3 is 0 Å². The number of hydrogen-bond acceptors (Lipinski definition) is 5. The third kappa shape index (κ3) is 2.79. The molecule has 4 heterocycles. The van der Waals surface area contributed by atoms with Crippen LogP contribution in [0.4, 0.5) is 0 Å². The molecule has 5 rings (SSSR count). The Kier molecular flexibility index (Phi) is 4.16. The monoisotopic (exact) mass is 376 g/mol. The first-order valence-electron chi connectivity index (χ1n) is 9.97. The molecule has 6 heteroatoms. The van der Waals surface area contributed by atoms with Gasteiger partial charge in [-0.1, -0.05) is 12.5 Å². The Hall–Kier alpha value is -2.73. The maximum absolute atomic E-state index is 12.5. The van der Waals surface area contributed by atoms with Crippen LogP contribution in [0.5, 0.6) is 0 Å². The maximum atomic E-state index is 12.5. The van der Waals surface area contributed by atoms with Crippen molar-refractivity contribution in [1.29, 1.82) is 0 Å². The summed E-state index contributed by atoms with van der Waals surface area (Å²) in [6.45, 7) is 0. The van der Waals surface area contributed by atoms with Crippen molar-refractivity contribution in [1.82, 2.24) is 14.9 Å². The molecule has 2 atom stereocenters. The highest BCUT2D eigenvalue weighted by Crippen LogP contribution is 2.42. The van der Waals surface area contributed by atoms with Gasteiger partial charge in [-0.3, -0.25) is 9.78 Å². The van der Waals surface area contributed by atoms with E-state index in [2.05, 4.69) is 21.9 Å². The summed E-state index contributed by atoms with van der Waals surface area (Å²) in [5.41, 5.74) is 9.38. The fraction of sp³-hybridized carbons (Fsp3) is 0.409. The number of aromatic nitrogens is 2.